The van der Waals surface area contributed by atoms with Crippen LogP contribution in [-0.4, -0.2) is 49.4 Å². The van der Waals surface area contributed by atoms with Crippen LogP contribution in [0, 0.1) is 29.1 Å². The number of nitrogens with one attached hydrogen (secondary N) is 1. The molecule has 2 aliphatic heterocycles. The van der Waals surface area contributed by atoms with Gasteiger partial charge < -0.3 is 15.1 Å². The molecule has 2 aliphatic rings. The minimum absolute atomic E-state index is 0.0142. The molecule has 0 aliphatic carbocycles. The Morgan fingerprint density at radius 1 is 1.08 bits per heavy atom. The first-order valence-corrected chi connectivity index (χ1v) is 12.2. The number of rotatable bonds is 5. The van der Waals surface area contributed by atoms with E-state index in [0.717, 1.165) is 18.9 Å². The molecule has 4 rings (SSSR count). The number of carbonyl (C=O) groups is 2. The van der Waals surface area contributed by atoms with E-state index in [1.807, 2.05) is 34.9 Å². The number of hydrogen-bond donors (Lipinski definition) is 1. The Bertz CT molecular complexity index is 1140. The second kappa shape index (κ2) is 10.6. The van der Waals surface area contributed by atoms with E-state index in [2.05, 4.69) is 5.32 Å². The lowest BCUT2D eigenvalue weighted by Crippen LogP contribution is -2.43. The van der Waals surface area contributed by atoms with Crippen LogP contribution < -0.4 is 10.2 Å². The predicted molar refractivity (Wildman–Crippen MR) is 129 cm³/mol. The van der Waals surface area contributed by atoms with Crippen LogP contribution in [0.15, 0.2) is 48.5 Å². The number of nitrogens with zero attached hydrogens (tertiary/aromatic N) is 3. The van der Waals surface area contributed by atoms with Crippen molar-refractivity contribution in [3.63, 3.8) is 0 Å². The maximum absolute atomic E-state index is 13.5. The van der Waals surface area contributed by atoms with Gasteiger partial charge in [0.1, 0.15) is 0 Å². The number of amides is 2. The molecule has 0 radical (unpaired) electrons. The average molecular weight is 499 g/mol. The Morgan fingerprint density at radius 2 is 1.78 bits per heavy atom. The summed E-state index contributed by atoms with van der Waals surface area (Å²) in [7, 11) is 0. The number of nitriles is 1. The highest BCUT2D eigenvalue weighted by Gasteiger charge is 2.43. The lowest BCUT2D eigenvalue weighted by molar-refractivity contribution is -0.137. The van der Waals surface area contributed by atoms with Crippen LogP contribution in [-0.2, 0) is 11.0 Å². The smallest absolute Gasteiger partial charge is 0.370 e. The summed E-state index contributed by atoms with van der Waals surface area (Å²) < 4.78 is 40.6. The van der Waals surface area contributed by atoms with Gasteiger partial charge in [-0.25, -0.2) is 0 Å². The van der Waals surface area contributed by atoms with E-state index in [0.29, 0.717) is 44.0 Å². The van der Waals surface area contributed by atoms with Crippen molar-refractivity contribution in [1.82, 2.24) is 10.2 Å². The normalized spacial score (nSPS) is 20.8. The Morgan fingerprint density at radius 3 is 2.39 bits per heavy atom. The fourth-order valence-corrected chi connectivity index (χ4v) is 5.46. The number of halogens is 3. The molecule has 190 valence electrons. The van der Waals surface area contributed by atoms with Crippen molar-refractivity contribution in [2.75, 3.05) is 37.6 Å². The third kappa shape index (κ3) is 5.32. The molecule has 2 saturated heterocycles. The van der Waals surface area contributed by atoms with Gasteiger partial charge in [0, 0.05) is 44.0 Å². The zero-order valence-electron chi connectivity index (χ0n) is 20.1. The van der Waals surface area contributed by atoms with E-state index in [1.165, 1.54) is 12.1 Å². The first-order valence-electron chi connectivity index (χ1n) is 12.2. The van der Waals surface area contributed by atoms with Crippen LogP contribution in [0.1, 0.15) is 41.3 Å². The highest BCUT2D eigenvalue weighted by atomic mass is 19.4. The van der Waals surface area contributed by atoms with Gasteiger partial charge >= 0.3 is 6.18 Å². The van der Waals surface area contributed by atoms with Crippen LogP contribution >= 0.6 is 0 Å². The first-order chi connectivity index (χ1) is 17.2. The van der Waals surface area contributed by atoms with Crippen molar-refractivity contribution < 1.29 is 22.8 Å². The molecular formula is C27H29F3N4O2. The quantitative estimate of drug-likeness (QED) is 0.666. The van der Waals surface area contributed by atoms with Crippen LogP contribution in [0.25, 0.3) is 0 Å². The maximum atomic E-state index is 13.5. The minimum Gasteiger partial charge on any atom is -0.370 e. The van der Waals surface area contributed by atoms with Crippen LogP contribution in [0.5, 0.6) is 0 Å². The zero-order chi connectivity index (χ0) is 25.9. The van der Waals surface area contributed by atoms with Gasteiger partial charge in [-0.15, -0.1) is 0 Å². The Labute approximate surface area is 208 Å². The molecule has 2 atom stereocenters. The molecule has 0 unspecified atom stereocenters. The summed E-state index contributed by atoms with van der Waals surface area (Å²) in [6.07, 6.45) is -3.18. The van der Waals surface area contributed by atoms with E-state index >= 15 is 0 Å². The summed E-state index contributed by atoms with van der Waals surface area (Å²) in [5.74, 6) is -0.355. The van der Waals surface area contributed by atoms with Crippen molar-refractivity contribution in [3.05, 3.63) is 65.2 Å². The van der Waals surface area contributed by atoms with Gasteiger partial charge in [-0.05, 0) is 61.9 Å². The van der Waals surface area contributed by atoms with Crippen molar-refractivity contribution in [2.24, 2.45) is 17.8 Å². The van der Waals surface area contributed by atoms with Crippen molar-refractivity contribution >= 4 is 17.5 Å². The lowest BCUT2D eigenvalue weighted by Gasteiger charge is -2.36. The van der Waals surface area contributed by atoms with Gasteiger partial charge in [-0.2, -0.15) is 18.4 Å². The standard InChI is InChI=1S/C27H29F3N4O2/c1-2-32-25(35)23-17-34(21-9-8-20(15-31)24(14-21)27(28,29)30)16-22(23)18-10-12-33(13-11-18)26(36)19-6-4-3-5-7-19/h3-9,14,18,22-23H,2,10-13,16-17H2,1H3,(H,32,35)/t22-,23+/m0/s1. The first kappa shape index (κ1) is 25.5. The topological polar surface area (TPSA) is 76.4 Å². The van der Waals surface area contributed by atoms with Gasteiger partial charge in [0.25, 0.3) is 5.91 Å². The van der Waals surface area contributed by atoms with E-state index in [4.69, 9.17) is 5.26 Å². The maximum Gasteiger partial charge on any atom is 0.417 e. The van der Waals surface area contributed by atoms with Gasteiger partial charge in [-0.3, -0.25) is 9.59 Å². The summed E-state index contributed by atoms with van der Waals surface area (Å²) >= 11 is 0. The highest BCUT2D eigenvalue weighted by molar-refractivity contribution is 5.94. The van der Waals surface area contributed by atoms with Crippen LogP contribution in [0.3, 0.4) is 0 Å². The SMILES string of the molecule is CCNC(=O)[C@@H]1CN(c2ccc(C#N)c(C(F)(F)F)c2)C[C@H]1C1CCN(C(=O)c2ccccc2)CC1. The number of alkyl halides is 3. The largest absolute Gasteiger partial charge is 0.417 e. The van der Waals surface area contributed by atoms with Crippen molar-refractivity contribution in [3.8, 4) is 6.07 Å². The van der Waals surface area contributed by atoms with E-state index in [1.54, 1.807) is 18.2 Å². The summed E-state index contributed by atoms with van der Waals surface area (Å²) in [6, 6.07) is 14.4. The summed E-state index contributed by atoms with van der Waals surface area (Å²) in [5.41, 5.74) is -0.384. The van der Waals surface area contributed by atoms with Crippen molar-refractivity contribution in [1.29, 1.82) is 5.26 Å². The van der Waals surface area contributed by atoms with Gasteiger partial charge in [0.2, 0.25) is 5.91 Å². The molecule has 9 heteroatoms. The fraction of sp³-hybridized carbons (Fsp3) is 0.444. The zero-order valence-corrected chi connectivity index (χ0v) is 20.1. The Kier molecular flexibility index (Phi) is 7.53. The van der Waals surface area contributed by atoms with E-state index in [-0.39, 0.29) is 29.6 Å². The predicted octanol–water partition coefficient (Wildman–Crippen LogP) is 4.32. The molecule has 2 heterocycles. The summed E-state index contributed by atoms with van der Waals surface area (Å²) in [4.78, 5) is 29.4. The molecule has 2 fully saturated rings. The number of likely N-dealkylation sites (tertiary alicyclic amines) is 1. The molecule has 2 aromatic rings. The second-order valence-electron chi connectivity index (χ2n) is 9.41. The van der Waals surface area contributed by atoms with Crippen LogP contribution in [0.2, 0.25) is 0 Å². The molecule has 0 saturated carbocycles. The molecular weight excluding hydrogens is 469 g/mol. The van der Waals surface area contributed by atoms with Gasteiger partial charge in [-0.1, -0.05) is 18.2 Å². The van der Waals surface area contributed by atoms with Crippen molar-refractivity contribution in [2.45, 2.75) is 25.9 Å². The highest BCUT2D eigenvalue weighted by Crippen LogP contribution is 2.40. The molecule has 6 nitrogen and oxygen atoms in total. The fourth-order valence-electron chi connectivity index (χ4n) is 5.46. The molecule has 1 N–H and O–H groups in total. The van der Waals surface area contributed by atoms with E-state index in [9.17, 15) is 22.8 Å². The summed E-state index contributed by atoms with van der Waals surface area (Å²) in [5, 5.41) is 12.0. The number of hydrogen-bond acceptors (Lipinski definition) is 4. The van der Waals surface area contributed by atoms with E-state index < -0.39 is 17.3 Å². The number of carbonyl (C=O) groups excluding carboxylic acids is 2. The molecule has 0 aromatic heterocycles. The monoisotopic (exact) mass is 498 g/mol. The molecule has 2 aromatic carbocycles. The number of piperidine rings is 1. The third-order valence-corrected chi connectivity index (χ3v) is 7.30. The second-order valence-corrected chi connectivity index (χ2v) is 9.41. The Balaban J connectivity index is 1.51. The molecule has 0 bridgehead atoms. The number of benzene rings is 2. The lowest BCUT2D eigenvalue weighted by atomic mass is 9.78. The molecule has 0 spiro atoms. The van der Waals surface area contributed by atoms with Gasteiger partial charge in [0.05, 0.1) is 23.1 Å². The van der Waals surface area contributed by atoms with Crippen LogP contribution in [0.4, 0.5) is 18.9 Å². The molecule has 2 amide bonds. The Hall–Kier alpha value is -3.54. The average Bonchev–Trinajstić information content (AvgIpc) is 3.34. The summed E-state index contributed by atoms with van der Waals surface area (Å²) in [6.45, 7) is 4.22. The third-order valence-electron chi connectivity index (χ3n) is 7.30. The minimum atomic E-state index is -4.64. The molecule has 36 heavy (non-hydrogen) atoms. The van der Waals surface area contributed by atoms with Gasteiger partial charge in [0.15, 0.2) is 0 Å². The number of anilines is 1.